The number of anilines is 1. The Morgan fingerprint density at radius 2 is 1.87 bits per heavy atom. The zero-order chi connectivity index (χ0) is 43.0. The molecular formula is C46H51N7O8S. The van der Waals surface area contributed by atoms with E-state index in [4.69, 9.17) is 9.47 Å². The third-order valence-electron chi connectivity index (χ3n) is 12.6. The number of amides is 2. The molecule has 1 saturated carbocycles. The van der Waals surface area contributed by atoms with Crippen LogP contribution in [0.15, 0.2) is 96.2 Å². The van der Waals surface area contributed by atoms with Gasteiger partial charge >= 0.3 is 0 Å². The highest BCUT2D eigenvalue weighted by molar-refractivity contribution is 7.90. The summed E-state index contributed by atoms with van der Waals surface area (Å²) in [5.41, 5.74) is 5.49. The van der Waals surface area contributed by atoms with Gasteiger partial charge in [0.2, 0.25) is 5.91 Å². The van der Waals surface area contributed by atoms with E-state index in [-0.39, 0.29) is 35.1 Å². The molecule has 2 aromatic heterocycles. The maximum Gasteiger partial charge on any atom is 0.268 e. The number of hydrogen-bond donors (Lipinski definition) is 5. The molecule has 15 nitrogen and oxygen atoms in total. The van der Waals surface area contributed by atoms with Crippen molar-refractivity contribution in [1.82, 2.24) is 24.5 Å². The second kappa shape index (κ2) is 17.6. The fraction of sp³-hybridized carbons (Fsp3) is 0.370. The second-order valence-corrected chi connectivity index (χ2v) is 18.3. The summed E-state index contributed by atoms with van der Waals surface area (Å²) >= 11 is 0. The standard InChI is InChI=1S/C46H51N7O8S/c1-29(54)51-21-22-60-36(28-51)27-48-41-17-15-37(25-43(41)53(56)57)62(58,59)50-46(55)40-16-12-32(24-44(40)61-35-23-33-18-19-47-45(33)49-26-35)30-10-13-34(14-11-30)52-20-4-7-42(52)39-6-3-2-5-38(39)31-8-9-31/h2-3,5-6,10,12,15-19,23-26,31,34,36,42,48,53,56H,4,7-9,11,13-14,20-22,27-28H2,1H3,(H,47,49)(H,50,55). The third-order valence-corrected chi connectivity index (χ3v) is 13.9. The fourth-order valence-corrected chi connectivity index (χ4v) is 10.2. The van der Waals surface area contributed by atoms with Gasteiger partial charge in [0.25, 0.3) is 15.9 Å². The number of rotatable bonds is 13. The Hall–Kier alpha value is -5.62. The Labute approximate surface area is 360 Å². The lowest BCUT2D eigenvalue weighted by atomic mass is 9.88. The lowest BCUT2D eigenvalue weighted by Crippen LogP contribution is -2.99. The minimum Gasteiger partial charge on any atom is -0.595 e. The number of nitrogens with one attached hydrogen (secondary N) is 4. The summed E-state index contributed by atoms with van der Waals surface area (Å²) in [7, 11) is -4.56. The molecule has 4 heterocycles. The average molecular weight is 862 g/mol. The van der Waals surface area contributed by atoms with E-state index in [1.54, 1.807) is 29.3 Å². The molecule has 4 aliphatic rings. The monoisotopic (exact) mass is 861 g/mol. The van der Waals surface area contributed by atoms with Crippen LogP contribution in [0, 0.1) is 5.21 Å². The van der Waals surface area contributed by atoms with E-state index in [1.807, 2.05) is 12.1 Å². The van der Waals surface area contributed by atoms with Gasteiger partial charge in [-0.25, -0.2) is 23.3 Å². The molecule has 0 spiro atoms. The predicted octanol–water partition coefficient (Wildman–Crippen LogP) is 6.19. The van der Waals surface area contributed by atoms with Crippen molar-refractivity contribution in [3.8, 4) is 11.5 Å². The molecule has 5 N–H and O–H groups in total. The number of benzene rings is 3. The second-order valence-electron chi connectivity index (χ2n) is 16.6. The quantitative estimate of drug-likeness (QED) is 0.0849. The Bertz CT molecular complexity index is 2630. The van der Waals surface area contributed by atoms with Crippen molar-refractivity contribution in [3.63, 3.8) is 0 Å². The topological polar surface area (TPSA) is 194 Å². The fourth-order valence-electron chi connectivity index (χ4n) is 9.23. The number of H-pyrrole nitrogens is 1. The van der Waals surface area contributed by atoms with E-state index < -0.39 is 32.2 Å². The molecule has 2 amide bonds. The summed E-state index contributed by atoms with van der Waals surface area (Å²) in [4.78, 5) is 37.3. The smallest absolute Gasteiger partial charge is 0.268 e. The molecule has 0 radical (unpaired) electrons. The first-order chi connectivity index (χ1) is 30.0. The molecule has 4 atom stereocenters. The van der Waals surface area contributed by atoms with Crippen LogP contribution in [0.2, 0.25) is 0 Å². The molecule has 3 aromatic carbocycles. The zero-order valence-electron chi connectivity index (χ0n) is 34.5. The van der Waals surface area contributed by atoms with Gasteiger partial charge in [0.15, 0.2) is 5.69 Å². The summed E-state index contributed by atoms with van der Waals surface area (Å²) in [6.45, 7) is 3.89. The largest absolute Gasteiger partial charge is 0.595 e. The average Bonchev–Trinajstić information content (AvgIpc) is 3.81. The highest BCUT2D eigenvalue weighted by atomic mass is 32.2. The Morgan fingerprint density at radius 3 is 2.65 bits per heavy atom. The summed E-state index contributed by atoms with van der Waals surface area (Å²) in [6.07, 6.45) is 12.8. The molecule has 16 heteroatoms. The molecule has 0 bridgehead atoms. The summed E-state index contributed by atoms with van der Waals surface area (Å²) < 4.78 is 41.7. The van der Waals surface area contributed by atoms with E-state index in [0.717, 1.165) is 48.4 Å². The first kappa shape index (κ1) is 41.7. The van der Waals surface area contributed by atoms with Crippen molar-refractivity contribution in [2.75, 3.05) is 38.1 Å². The molecule has 2 saturated heterocycles. The number of carbonyl (C=O) groups excluding carboxylic acids is 2. The van der Waals surface area contributed by atoms with Crippen molar-refractivity contribution < 1.29 is 37.9 Å². The molecule has 2 aliphatic heterocycles. The SMILES string of the molecule is CC(=O)N1CCOC(CNc2ccc(S(=O)(=O)NC(=O)c3ccc(C4=CCC(N5CCCC5c5ccccc5C5CC5)CC4)cc3Oc3cnc4[nH]ccc4c3)cc2[NH+]([O-])O)C1. The van der Waals surface area contributed by atoms with Crippen LogP contribution in [0.1, 0.15) is 90.9 Å². The summed E-state index contributed by atoms with van der Waals surface area (Å²) in [6, 6.07) is 22.2. The molecular weight excluding hydrogens is 811 g/mol. The van der Waals surface area contributed by atoms with E-state index in [2.05, 4.69) is 55.2 Å². The van der Waals surface area contributed by atoms with E-state index >= 15 is 0 Å². The first-order valence-electron chi connectivity index (χ1n) is 21.3. The van der Waals surface area contributed by atoms with Crippen LogP contribution >= 0.6 is 0 Å². The van der Waals surface area contributed by atoms with Gasteiger partial charge in [0.05, 0.1) is 35.1 Å². The van der Waals surface area contributed by atoms with Crippen LogP contribution in [0.4, 0.5) is 11.4 Å². The number of aromatic amines is 1. The van der Waals surface area contributed by atoms with E-state index in [0.29, 0.717) is 49.1 Å². The van der Waals surface area contributed by atoms with Crippen molar-refractivity contribution in [2.45, 2.75) is 80.9 Å². The van der Waals surface area contributed by atoms with Crippen molar-refractivity contribution in [3.05, 3.63) is 119 Å². The molecule has 324 valence electrons. The number of allylic oxidation sites excluding steroid dienone is 1. The van der Waals surface area contributed by atoms with Crippen LogP contribution in [-0.4, -0.2) is 90.1 Å². The van der Waals surface area contributed by atoms with Crippen molar-refractivity contribution in [2.24, 2.45) is 0 Å². The van der Waals surface area contributed by atoms with Gasteiger partial charge in [-0.1, -0.05) is 36.4 Å². The predicted molar refractivity (Wildman–Crippen MR) is 233 cm³/mol. The molecule has 9 rings (SSSR count). The van der Waals surface area contributed by atoms with Gasteiger partial charge < -0.3 is 29.9 Å². The normalized spacial score (nSPS) is 21.4. The number of pyridine rings is 1. The lowest BCUT2D eigenvalue weighted by Gasteiger charge is -2.36. The van der Waals surface area contributed by atoms with Gasteiger partial charge in [-0.2, -0.15) is 5.23 Å². The number of quaternary nitrogens is 1. The number of likely N-dealkylation sites (tertiary alicyclic amines) is 1. The number of hydrogen-bond acceptors (Lipinski definition) is 11. The highest BCUT2D eigenvalue weighted by Gasteiger charge is 2.36. The number of sulfonamides is 1. The molecule has 62 heavy (non-hydrogen) atoms. The molecule has 4 unspecified atom stereocenters. The minimum absolute atomic E-state index is 0.0288. The van der Waals surface area contributed by atoms with Crippen LogP contribution < -0.4 is 20.0 Å². The Balaban J connectivity index is 0.940. The Morgan fingerprint density at radius 1 is 1.03 bits per heavy atom. The van der Waals surface area contributed by atoms with Gasteiger partial charge in [-0.05, 0) is 116 Å². The van der Waals surface area contributed by atoms with Crippen molar-refractivity contribution >= 4 is 49.8 Å². The zero-order valence-corrected chi connectivity index (χ0v) is 35.3. The van der Waals surface area contributed by atoms with E-state index in [1.165, 1.54) is 62.1 Å². The first-order valence-corrected chi connectivity index (χ1v) is 22.8. The molecule has 5 aromatic rings. The van der Waals surface area contributed by atoms with Crippen LogP contribution in [0.25, 0.3) is 16.6 Å². The summed E-state index contributed by atoms with van der Waals surface area (Å²) in [5.74, 6) is 0.166. The van der Waals surface area contributed by atoms with Gasteiger partial charge in [-0.15, -0.1) is 0 Å². The van der Waals surface area contributed by atoms with Crippen molar-refractivity contribution in [1.29, 1.82) is 0 Å². The van der Waals surface area contributed by atoms with Crippen LogP contribution in [0.3, 0.4) is 0 Å². The number of ether oxygens (including phenoxy) is 2. The van der Waals surface area contributed by atoms with Crippen LogP contribution in [-0.2, 0) is 19.6 Å². The van der Waals surface area contributed by atoms with Crippen LogP contribution in [0.5, 0.6) is 11.5 Å². The van der Waals surface area contributed by atoms with Gasteiger partial charge in [-0.3, -0.25) is 14.5 Å². The third kappa shape index (κ3) is 8.98. The molecule has 3 fully saturated rings. The van der Waals surface area contributed by atoms with Gasteiger partial charge in [0.1, 0.15) is 17.1 Å². The number of nitrogens with zero attached hydrogens (tertiary/aromatic N) is 3. The number of aromatic nitrogens is 2. The number of carbonyl (C=O) groups is 2. The lowest BCUT2D eigenvalue weighted by molar-refractivity contribution is -0.990. The number of fused-ring (bicyclic) bond motifs is 1. The summed E-state index contributed by atoms with van der Waals surface area (Å²) in [5, 5.41) is 24.8. The minimum atomic E-state index is -4.56. The number of morpholine rings is 1. The van der Waals surface area contributed by atoms with E-state index in [9.17, 15) is 28.4 Å². The highest BCUT2D eigenvalue weighted by Crippen LogP contribution is 2.47. The maximum atomic E-state index is 14.0. The van der Waals surface area contributed by atoms with Gasteiger partial charge in [0, 0.05) is 56.3 Å². The Kier molecular flexibility index (Phi) is 11.9. The maximum absolute atomic E-state index is 14.0. The molecule has 2 aliphatic carbocycles.